The van der Waals surface area contributed by atoms with E-state index in [4.69, 9.17) is 9.47 Å². The first-order valence-corrected chi connectivity index (χ1v) is 9.25. The van der Waals surface area contributed by atoms with Crippen LogP contribution in [0.4, 0.5) is 0 Å². The number of aryl methyl sites for hydroxylation is 2. The monoisotopic (exact) mass is 374 g/mol. The van der Waals surface area contributed by atoms with Crippen molar-refractivity contribution in [2.24, 2.45) is 7.05 Å². The lowest BCUT2D eigenvalue weighted by atomic mass is 9.94. The van der Waals surface area contributed by atoms with E-state index in [1.807, 2.05) is 6.92 Å². The van der Waals surface area contributed by atoms with E-state index in [-0.39, 0.29) is 12.6 Å². The SMILES string of the molecule is COC(=O)C1(Oc2ccc(-c3nnn(C)c3CO)nc2C)CCCCCC1. The quantitative estimate of drug-likeness (QED) is 0.633. The minimum absolute atomic E-state index is 0.177. The van der Waals surface area contributed by atoms with E-state index >= 15 is 0 Å². The van der Waals surface area contributed by atoms with Crippen LogP contribution in [0.5, 0.6) is 5.75 Å². The summed E-state index contributed by atoms with van der Waals surface area (Å²) < 4.78 is 12.8. The summed E-state index contributed by atoms with van der Waals surface area (Å²) in [5, 5.41) is 17.6. The van der Waals surface area contributed by atoms with Gasteiger partial charge in [0.25, 0.3) is 0 Å². The molecule has 0 saturated heterocycles. The zero-order valence-electron chi connectivity index (χ0n) is 16.1. The molecule has 0 amide bonds. The molecule has 1 fully saturated rings. The summed E-state index contributed by atoms with van der Waals surface area (Å²) in [5.41, 5.74) is 1.42. The Kier molecular flexibility index (Phi) is 5.74. The average Bonchev–Trinajstić information content (AvgIpc) is 2.88. The highest BCUT2D eigenvalue weighted by molar-refractivity contribution is 5.80. The zero-order chi connectivity index (χ0) is 19.4. The molecule has 8 nitrogen and oxygen atoms in total. The van der Waals surface area contributed by atoms with Crippen LogP contribution in [0.3, 0.4) is 0 Å². The van der Waals surface area contributed by atoms with E-state index < -0.39 is 5.60 Å². The molecule has 2 aromatic rings. The first-order valence-electron chi connectivity index (χ1n) is 9.25. The number of hydrogen-bond acceptors (Lipinski definition) is 7. The zero-order valence-corrected chi connectivity index (χ0v) is 16.1. The van der Waals surface area contributed by atoms with E-state index in [2.05, 4.69) is 15.3 Å². The molecule has 1 aliphatic carbocycles. The maximum atomic E-state index is 12.5. The first-order chi connectivity index (χ1) is 13.0. The third kappa shape index (κ3) is 3.80. The second-order valence-corrected chi connectivity index (χ2v) is 6.95. The van der Waals surface area contributed by atoms with Crippen LogP contribution in [0.15, 0.2) is 12.1 Å². The molecular formula is C19H26N4O4. The van der Waals surface area contributed by atoms with Gasteiger partial charge in [-0.15, -0.1) is 5.10 Å². The number of aliphatic hydroxyl groups is 1. The van der Waals surface area contributed by atoms with E-state index in [1.54, 1.807) is 19.2 Å². The Labute approximate surface area is 158 Å². The highest BCUT2D eigenvalue weighted by Gasteiger charge is 2.42. The van der Waals surface area contributed by atoms with Crippen molar-refractivity contribution < 1.29 is 19.4 Å². The molecule has 0 aromatic carbocycles. The Morgan fingerprint density at radius 2 is 1.96 bits per heavy atom. The van der Waals surface area contributed by atoms with Crippen LogP contribution in [-0.2, 0) is 23.2 Å². The lowest BCUT2D eigenvalue weighted by molar-refractivity contribution is -0.160. The van der Waals surface area contributed by atoms with Gasteiger partial charge >= 0.3 is 5.97 Å². The predicted octanol–water partition coefficient (Wildman–Crippen LogP) is 2.32. The van der Waals surface area contributed by atoms with E-state index in [1.165, 1.54) is 11.8 Å². The Balaban J connectivity index is 1.91. The second kappa shape index (κ2) is 8.04. The molecular weight excluding hydrogens is 348 g/mol. The Bertz CT molecular complexity index is 810. The molecule has 1 saturated carbocycles. The van der Waals surface area contributed by atoms with Gasteiger partial charge in [-0.25, -0.2) is 14.5 Å². The third-order valence-electron chi connectivity index (χ3n) is 5.15. The fourth-order valence-electron chi connectivity index (χ4n) is 3.59. The number of pyridine rings is 1. The van der Waals surface area contributed by atoms with Crippen molar-refractivity contribution in [2.75, 3.05) is 7.11 Å². The molecule has 0 bridgehead atoms. The van der Waals surface area contributed by atoms with Crippen molar-refractivity contribution in [3.8, 4) is 17.1 Å². The second-order valence-electron chi connectivity index (χ2n) is 6.95. The molecule has 146 valence electrons. The summed E-state index contributed by atoms with van der Waals surface area (Å²) in [6.45, 7) is 1.65. The number of methoxy groups -OCH3 is 1. The van der Waals surface area contributed by atoms with Crippen molar-refractivity contribution in [2.45, 2.75) is 57.7 Å². The number of carbonyl (C=O) groups excluding carboxylic acids is 1. The molecule has 0 unspecified atom stereocenters. The number of hydrogen-bond donors (Lipinski definition) is 1. The Hall–Kier alpha value is -2.48. The molecule has 27 heavy (non-hydrogen) atoms. The van der Waals surface area contributed by atoms with Gasteiger partial charge in [-0.3, -0.25) is 0 Å². The highest BCUT2D eigenvalue weighted by atomic mass is 16.6. The van der Waals surface area contributed by atoms with Crippen LogP contribution in [0.1, 0.15) is 49.9 Å². The molecule has 0 radical (unpaired) electrons. The van der Waals surface area contributed by atoms with Gasteiger partial charge in [-0.05, 0) is 44.7 Å². The van der Waals surface area contributed by atoms with Crippen molar-refractivity contribution in [3.05, 3.63) is 23.5 Å². The maximum absolute atomic E-state index is 12.5. The number of ether oxygens (including phenoxy) is 2. The smallest absolute Gasteiger partial charge is 0.350 e. The summed E-state index contributed by atoms with van der Waals surface area (Å²) in [7, 11) is 3.12. The van der Waals surface area contributed by atoms with Gasteiger partial charge in [0, 0.05) is 7.05 Å². The van der Waals surface area contributed by atoms with Gasteiger partial charge in [-0.2, -0.15) is 0 Å². The van der Waals surface area contributed by atoms with Gasteiger partial charge in [0.05, 0.1) is 30.8 Å². The van der Waals surface area contributed by atoms with Crippen LogP contribution in [0.2, 0.25) is 0 Å². The van der Waals surface area contributed by atoms with Crippen LogP contribution in [-0.4, -0.2) is 43.8 Å². The summed E-state index contributed by atoms with van der Waals surface area (Å²) in [6, 6.07) is 3.57. The van der Waals surface area contributed by atoms with E-state index in [0.717, 1.165) is 25.7 Å². The van der Waals surface area contributed by atoms with Crippen molar-refractivity contribution in [1.29, 1.82) is 0 Å². The van der Waals surface area contributed by atoms with Crippen LogP contribution in [0.25, 0.3) is 11.4 Å². The fourth-order valence-corrected chi connectivity index (χ4v) is 3.59. The Morgan fingerprint density at radius 3 is 2.56 bits per heavy atom. The lowest BCUT2D eigenvalue weighted by Crippen LogP contribution is -2.45. The Morgan fingerprint density at radius 1 is 1.26 bits per heavy atom. The van der Waals surface area contributed by atoms with Gasteiger partial charge < -0.3 is 14.6 Å². The largest absolute Gasteiger partial charge is 0.474 e. The molecule has 0 atom stereocenters. The van der Waals surface area contributed by atoms with Crippen molar-refractivity contribution in [3.63, 3.8) is 0 Å². The normalized spacial score (nSPS) is 16.6. The van der Waals surface area contributed by atoms with Gasteiger partial charge in [0.15, 0.2) is 0 Å². The minimum Gasteiger partial charge on any atom is -0.474 e. The standard InChI is InChI=1S/C19H26N4O4/c1-13-16(27-19(18(25)26-3)10-6-4-5-7-11-19)9-8-14(20-13)17-15(12-24)23(2)22-21-17/h8-9,24H,4-7,10-12H2,1-3H3. The van der Waals surface area contributed by atoms with Crippen molar-refractivity contribution >= 4 is 5.97 Å². The third-order valence-corrected chi connectivity index (χ3v) is 5.15. The summed E-state index contributed by atoms with van der Waals surface area (Å²) in [6.07, 6.45) is 5.32. The average molecular weight is 374 g/mol. The number of esters is 1. The maximum Gasteiger partial charge on any atom is 0.350 e. The molecule has 3 rings (SSSR count). The molecule has 0 spiro atoms. The van der Waals surface area contributed by atoms with E-state index in [9.17, 15) is 9.90 Å². The van der Waals surface area contributed by atoms with Crippen LogP contribution in [0, 0.1) is 6.92 Å². The molecule has 8 heteroatoms. The van der Waals surface area contributed by atoms with E-state index in [0.29, 0.717) is 41.4 Å². The fraction of sp³-hybridized carbons (Fsp3) is 0.579. The topological polar surface area (TPSA) is 99.4 Å². The summed E-state index contributed by atoms with van der Waals surface area (Å²) in [5.74, 6) is 0.227. The van der Waals surface area contributed by atoms with Crippen LogP contribution < -0.4 is 4.74 Å². The van der Waals surface area contributed by atoms with Gasteiger partial charge in [0.2, 0.25) is 5.60 Å². The number of aromatic nitrogens is 4. The number of carbonyl (C=O) groups is 1. The first kappa shape index (κ1) is 19.3. The highest BCUT2D eigenvalue weighted by Crippen LogP contribution is 2.35. The summed E-state index contributed by atoms with van der Waals surface area (Å²) in [4.78, 5) is 17.1. The minimum atomic E-state index is -0.956. The molecule has 1 aliphatic rings. The molecule has 1 N–H and O–H groups in total. The van der Waals surface area contributed by atoms with Gasteiger partial charge in [-0.1, -0.05) is 18.1 Å². The number of rotatable bonds is 5. The number of nitrogens with zero attached hydrogens (tertiary/aromatic N) is 4. The van der Waals surface area contributed by atoms with Crippen molar-refractivity contribution in [1.82, 2.24) is 20.0 Å². The molecule has 2 aromatic heterocycles. The molecule has 0 aliphatic heterocycles. The summed E-state index contributed by atoms with van der Waals surface area (Å²) >= 11 is 0. The lowest BCUT2D eigenvalue weighted by Gasteiger charge is -2.31. The molecule has 2 heterocycles. The van der Waals surface area contributed by atoms with Crippen LogP contribution >= 0.6 is 0 Å². The number of aliphatic hydroxyl groups excluding tert-OH is 1. The predicted molar refractivity (Wildman–Crippen MR) is 98.0 cm³/mol. The van der Waals surface area contributed by atoms with Gasteiger partial charge in [0.1, 0.15) is 11.4 Å².